The summed E-state index contributed by atoms with van der Waals surface area (Å²) in [5.74, 6) is -0.254. The number of benzene rings is 1. The SMILES string of the molecule is O=C(O)C=C1CCOc2ccc(Cl)cc21. The Morgan fingerprint density at radius 1 is 1.53 bits per heavy atom. The smallest absolute Gasteiger partial charge is 0.328 e. The molecule has 1 heterocycles. The molecule has 0 aliphatic carbocycles. The Labute approximate surface area is 91.9 Å². The Morgan fingerprint density at radius 3 is 3.07 bits per heavy atom. The Balaban J connectivity index is 2.49. The molecule has 3 nitrogen and oxygen atoms in total. The molecule has 0 saturated heterocycles. The summed E-state index contributed by atoms with van der Waals surface area (Å²) in [6, 6.07) is 5.21. The maximum absolute atomic E-state index is 10.6. The number of rotatable bonds is 1. The van der Waals surface area contributed by atoms with Gasteiger partial charge in [0.1, 0.15) is 5.75 Å². The van der Waals surface area contributed by atoms with Crippen molar-refractivity contribution in [3.8, 4) is 5.75 Å². The van der Waals surface area contributed by atoms with E-state index >= 15 is 0 Å². The lowest BCUT2D eigenvalue weighted by atomic mass is 9.99. The molecule has 1 aromatic rings. The van der Waals surface area contributed by atoms with Crippen molar-refractivity contribution in [1.82, 2.24) is 0 Å². The molecule has 2 rings (SSSR count). The molecule has 1 aliphatic heterocycles. The Bertz CT molecular complexity index is 437. The number of hydrogen-bond donors (Lipinski definition) is 1. The molecular formula is C11H9ClO3. The van der Waals surface area contributed by atoms with Crippen LogP contribution in [0.15, 0.2) is 24.3 Å². The summed E-state index contributed by atoms with van der Waals surface area (Å²) in [6.07, 6.45) is 1.80. The van der Waals surface area contributed by atoms with E-state index in [1.54, 1.807) is 18.2 Å². The first-order valence-corrected chi connectivity index (χ1v) is 4.91. The van der Waals surface area contributed by atoms with Gasteiger partial charge in [0.25, 0.3) is 0 Å². The molecule has 0 spiro atoms. The third-order valence-electron chi connectivity index (χ3n) is 2.21. The van der Waals surface area contributed by atoms with Crippen LogP contribution in [0.25, 0.3) is 5.57 Å². The normalized spacial score (nSPS) is 17.0. The van der Waals surface area contributed by atoms with Crippen molar-refractivity contribution in [3.63, 3.8) is 0 Å². The maximum Gasteiger partial charge on any atom is 0.328 e. The number of fused-ring (bicyclic) bond motifs is 1. The lowest BCUT2D eigenvalue weighted by Gasteiger charge is -2.19. The van der Waals surface area contributed by atoms with Crippen molar-refractivity contribution in [2.45, 2.75) is 6.42 Å². The van der Waals surface area contributed by atoms with E-state index in [1.165, 1.54) is 6.08 Å². The molecule has 0 aromatic heterocycles. The van der Waals surface area contributed by atoms with E-state index < -0.39 is 5.97 Å². The largest absolute Gasteiger partial charge is 0.493 e. The standard InChI is InChI=1S/C11H9ClO3/c12-8-1-2-10-9(6-8)7(3-4-15-10)5-11(13)14/h1-2,5-6H,3-4H2,(H,13,14). The Kier molecular flexibility index (Phi) is 2.64. The molecule has 0 fully saturated rings. The van der Waals surface area contributed by atoms with Gasteiger partial charge in [0.05, 0.1) is 6.61 Å². The lowest BCUT2D eigenvalue weighted by Crippen LogP contribution is -2.08. The van der Waals surface area contributed by atoms with Crippen molar-refractivity contribution < 1.29 is 14.6 Å². The van der Waals surface area contributed by atoms with Crippen LogP contribution in [-0.2, 0) is 4.79 Å². The highest BCUT2D eigenvalue weighted by molar-refractivity contribution is 6.30. The topological polar surface area (TPSA) is 46.5 Å². The second-order valence-corrected chi connectivity index (χ2v) is 3.68. The first kappa shape index (κ1) is 10.1. The highest BCUT2D eigenvalue weighted by Crippen LogP contribution is 2.34. The van der Waals surface area contributed by atoms with Crippen molar-refractivity contribution >= 4 is 23.1 Å². The van der Waals surface area contributed by atoms with Gasteiger partial charge in [-0.25, -0.2) is 4.79 Å². The summed E-state index contributed by atoms with van der Waals surface area (Å²) in [5.41, 5.74) is 1.53. The molecule has 15 heavy (non-hydrogen) atoms. The Morgan fingerprint density at radius 2 is 2.33 bits per heavy atom. The average Bonchev–Trinajstić information content (AvgIpc) is 2.18. The second-order valence-electron chi connectivity index (χ2n) is 3.25. The molecule has 0 amide bonds. The van der Waals surface area contributed by atoms with Crippen molar-refractivity contribution in [3.05, 3.63) is 34.9 Å². The van der Waals surface area contributed by atoms with Crippen LogP contribution in [0.1, 0.15) is 12.0 Å². The molecule has 0 radical (unpaired) electrons. The minimum atomic E-state index is -0.946. The van der Waals surface area contributed by atoms with Crippen molar-refractivity contribution in [2.24, 2.45) is 0 Å². The maximum atomic E-state index is 10.6. The summed E-state index contributed by atoms with van der Waals surface area (Å²) in [5, 5.41) is 9.29. The van der Waals surface area contributed by atoms with E-state index in [9.17, 15) is 4.79 Å². The minimum absolute atomic E-state index is 0.508. The molecule has 1 N–H and O–H groups in total. The zero-order chi connectivity index (χ0) is 10.8. The number of aliphatic carboxylic acids is 1. The van der Waals surface area contributed by atoms with Gasteiger partial charge in [-0.2, -0.15) is 0 Å². The lowest BCUT2D eigenvalue weighted by molar-refractivity contribution is -0.131. The second kappa shape index (κ2) is 3.95. The predicted octanol–water partition coefficient (Wildman–Crippen LogP) is 2.59. The van der Waals surface area contributed by atoms with Crippen LogP contribution >= 0.6 is 11.6 Å². The van der Waals surface area contributed by atoms with Gasteiger partial charge < -0.3 is 9.84 Å². The van der Waals surface area contributed by atoms with Gasteiger partial charge >= 0.3 is 5.97 Å². The first-order chi connectivity index (χ1) is 7.16. The highest BCUT2D eigenvalue weighted by Gasteiger charge is 2.16. The van der Waals surface area contributed by atoms with Crippen molar-refractivity contribution in [2.75, 3.05) is 6.61 Å². The fourth-order valence-electron chi connectivity index (χ4n) is 1.58. The molecular weight excluding hydrogens is 216 g/mol. The van der Waals surface area contributed by atoms with Crippen LogP contribution < -0.4 is 4.74 Å². The van der Waals surface area contributed by atoms with Gasteiger partial charge in [-0.1, -0.05) is 11.6 Å². The molecule has 1 aliphatic rings. The number of carboxylic acid groups (broad SMARTS) is 1. The van der Waals surface area contributed by atoms with Crippen LogP contribution in [0.4, 0.5) is 0 Å². The molecule has 0 unspecified atom stereocenters. The van der Waals surface area contributed by atoms with Crippen LogP contribution in [0.2, 0.25) is 5.02 Å². The van der Waals surface area contributed by atoms with E-state index in [0.29, 0.717) is 23.8 Å². The number of carbonyl (C=O) groups is 1. The van der Waals surface area contributed by atoms with Gasteiger partial charge in [-0.3, -0.25) is 0 Å². The van der Waals surface area contributed by atoms with E-state index in [2.05, 4.69) is 0 Å². The van der Waals surface area contributed by atoms with Crippen LogP contribution in [-0.4, -0.2) is 17.7 Å². The number of carboxylic acids is 1. The van der Waals surface area contributed by atoms with Crippen LogP contribution in [0, 0.1) is 0 Å². The zero-order valence-corrected chi connectivity index (χ0v) is 8.62. The summed E-state index contributed by atoms with van der Waals surface area (Å²) in [7, 11) is 0. The molecule has 4 heteroatoms. The first-order valence-electron chi connectivity index (χ1n) is 4.53. The number of ether oxygens (including phenoxy) is 1. The molecule has 0 atom stereocenters. The molecule has 0 bridgehead atoms. The third kappa shape index (κ3) is 2.13. The molecule has 0 saturated carbocycles. The predicted molar refractivity (Wildman–Crippen MR) is 57.2 cm³/mol. The van der Waals surface area contributed by atoms with Gasteiger partial charge in [0.2, 0.25) is 0 Å². The summed E-state index contributed by atoms with van der Waals surface area (Å²) >= 11 is 5.85. The fourth-order valence-corrected chi connectivity index (χ4v) is 1.76. The average molecular weight is 225 g/mol. The van der Waals surface area contributed by atoms with Crippen molar-refractivity contribution in [1.29, 1.82) is 0 Å². The van der Waals surface area contributed by atoms with Gasteiger partial charge in [-0.05, 0) is 23.8 Å². The quantitative estimate of drug-likeness (QED) is 0.746. The third-order valence-corrected chi connectivity index (χ3v) is 2.45. The monoisotopic (exact) mass is 224 g/mol. The number of halogens is 1. The van der Waals surface area contributed by atoms with E-state index in [-0.39, 0.29) is 0 Å². The van der Waals surface area contributed by atoms with Gasteiger partial charge in [-0.15, -0.1) is 0 Å². The van der Waals surface area contributed by atoms with Gasteiger partial charge in [0.15, 0.2) is 0 Å². The van der Waals surface area contributed by atoms with Crippen LogP contribution in [0.3, 0.4) is 0 Å². The zero-order valence-electron chi connectivity index (χ0n) is 7.87. The summed E-state index contributed by atoms with van der Waals surface area (Å²) < 4.78 is 5.40. The minimum Gasteiger partial charge on any atom is -0.493 e. The summed E-state index contributed by atoms with van der Waals surface area (Å²) in [4.78, 5) is 10.6. The molecule has 78 valence electrons. The van der Waals surface area contributed by atoms with E-state index in [1.807, 2.05) is 0 Å². The van der Waals surface area contributed by atoms with Gasteiger partial charge in [0, 0.05) is 23.1 Å². The van der Waals surface area contributed by atoms with E-state index in [0.717, 1.165) is 11.1 Å². The fraction of sp³-hybridized carbons (Fsp3) is 0.182. The summed E-state index contributed by atoms with van der Waals surface area (Å²) in [6.45, 7) is 0.508. The number of hydrogen-bond acceptors (Lipinski definition) is 2. The Hall–Kier alpha value is -1.48. The van der Waals surface area contributed by atoms with E-state index in [4.69, 9.17) is 21.4 Å². The molecule has 1 aromatic carbocycles. The highest BCUT2D eigenvalue weighted by atomic mass is 35.5. The van der Waals surface area contributed by atoms with Crippen LogP contribution in [0.5, 0.6) is 5.75 Å².